The van der Waals surface area contributed by atoms with E-state index in [1.165, 1.54) is 17.5 Å². The number of amides is 2. The standard InChI is InChI=1S/C32H43N7O5/c1-19-25-9-10-38(13-22(25)7-8-27(19)43-17-28-20(2)34-18-44-28)16-24(41)12-33-30(42)26-11-29(37-31(36-26)32(4,5)6)35-23-14-39(15-23)21(3)40/h7-8,11,18,23-24,41H,9-10,12-17H2,1-6H3,(H,33,42)(H,35,36,37)/t24-/m0/s1. The van der Waals surface area contributed by atoms with Crippen LogP contribution in [0.5, 0.6) is 5.75 Å². The second kappa shape index (κ2) is 12.9. The van der Waals surface area contributed by atoms with E-state index in [1.807, 2.05) is 33.8 Å². The predicted octanol–water partition coefficient (Wildman–Crippen LogP) is 2.75. The van der Waals surface area contributed by atoms with Crippen LogP contribution < -0.4 is 15.4 Å². The fraction of sp³-hybridized carbons (Fsp3) is 0.531. The summed E-state index contributed by atoms with van der Waals surface area (Å²) in [7, 11) is 0. The van der Waals surface area contributed by atoms with Gasteiger partial charge in [0.25, 0.3) is 5.91 Å². The maximum absolute atomic E-state index is 13.1. The summed E-state index contributed by atoms with van der Waals surface area (Å²) in [5.41, 5.74) is 4.29. The number of carbonyl (C=O) groups excluding carboxylic acids is 2. The van der Waals surface area contributed by atoms with Crippen LogP contribution in [-0.4, -0.2) is 86.5 Å². The number of aryl methyl sites for hydroxylation is 1. The number of nitrogens with one attached hydrogen (secondary N) is 2. The number of carbonyl (C=O) groups is 2. The number of hydrogen-bond donors (Lipinski definition) is 3. The molecule has 44 heavy (non-hydrogen) atoms. The van der Waals surface area contributed by atoms with E-state index in [1.54, 1.807) is 17.9 Å². The molecule has 0 radical (unpaired) electrons. The molecule has 3 N–H and O–H groups in total. The van der Waals surface area contributed by atoms with Crippen LogP contribution in [0.2, 0.25) is 0 Å². The summed E-state index contributed by atoms with van der Waals surface area (Å²) in [6.45, 7) is 15.0. The molecular formula is C32H43N7O5. The van der Waals surface area contributed by atoms with E-state index in [0.29, 0.717) is 44.4 Å². The van der Waals surface area contributed by atoms with Crippen molar-refractivity contribution in [3.63, 3.8) is 0 Å². The number of oxazole rings is 1. The average Bonchev–Trinajstić information content (AvgIpc) is 3.36. The second-order valence-corrected chi connectivity index (χ2v) is 12.8. The molecule has 2 aliphatic heterocycles. The lowest BCUT2D eigenvalue weighted by Crippen LogP contribution is -2.56. The Kier molecular flexibility index (Phi) is 9.21. The normalized spacial score (nSPS) is 16.2. The number of aliphatic hydroxyl groups is 1. The van der Waals surface area contributed by atoms with Gasteiger partial charge in [0, 0.05) is 57.7 Å². The number of anilines is 1. The number of β-amino-alcohol motifs (C(OH)–C–C–N with tert-alkyl or cyclic N) is 1. The predicted molar refractivity (Wildman–Crippen MR) is 164 cm³/mol. The van der Waals surface area contributed by atoms with E-state index in [0.717, 1.165) is 35.7 Å². The van der Waals surface area contributed by atoms with Gasteiger partial charge in [0.05, 0.1) is 17.8 Å². The van der Waals surface area contributed by atoms with E-state index in [2.05, 4.69) is 43.5 Å². The zero-order valence-corrected chi connectivity index (χ0v) is 26.4. The Balaban J connectivity index is 1.14. The zero-order valence-electron chi connectivity index (χ0n) is 26.4. The molecule has 0 bridgehead atoms. The molecule has 236 valence electrons. The van der Waals surface area contributed by atoms with E-state index >= 15 is 0 Å². The van der Waals surface area contributed by atoms with Gasteiger partial charge in [0.1, 0.15) is 29.7 Å². The van der Waals surface area contributed by atoms with Crippen LogP contribution in [0.15, 0.2) is 29.0 Å². The number of aromatic nitrogens is 3. The molecule has 5 rings (SSSR count). The molecule has 4 heterocycles. The van der Waals surface area contributed by atoms with Crippen LogP contribution in [0, 0.1) is 13.8 Å². The van der Waals surface area contributed by atoms with Crippen LogP contribution in [-0.2, 0) is 29.8 Å². The molecule has 12 heteroatoms. The number of hydrogen-bond acceptors (Lipinski definition) is 10. The average molecular weight is 606 g/mol. The molecule has 0 spiro atoms. The van der Waals surface area contributed by atoms with Crippen LogP contribution >= 0.6 is 0 Å². The molecule has 1 atom stereocenters. The Bertz CT molecular complexity index is 1510. The number of rotatable bonds is 10. The Labute approximate surface area is 258 Å². The van der Waals surface area contributed by atoms with Crippen LogP contribution in [0.4, 0.5) is 5.82 Å². The minimum atomic E-state index is -0.747. The molecule has 0 aliphatic carbocycles. The summed E-state index contributed by atoms with van der Waals surface area (Å²) in [5, 5.41) is 17.0. The highest BCUT2D eigenvalue weighted by molar-refractivity contribution is 5.93. The molecule has 0 saturated carbocycles. The SMILES string of the molecule is CC(=O)N1CC(Nc2cc(C(=O)NC[C@H](O)CN3CCc4c(ccc(OCc5ocnc5C)c4C)C3)nc(C(C)(C)C)n2)C1. The first-order valence-corrected chi connectivity index (χ1v) is 15.1. The molecule has 0 unspecified atom stereocenters. The van der Waals surface area contributed by atoms with Crippen molar-refractivity contribution in [2.45, 2.75) is 78.7 Å². The summed E-state index contributed by atoms with van der Waals surface area (Å²) >= 11 is 0. The lowest BCUT2D eigenvalue weighted by Gasteiger charge is -2.39. The summed E-state index contributed by atoms with van der Waals surface area (Å²) in [6.07, 6.45) is 1.52. The summed E-state index contributed by atoms with van der Waals surface area (Å²) in [4.78, 5) is 41.9. The topological polar surface area (TPSA) is 146 Å². The van der Waals surface area contributed by atoms with Crippen molar-refractivity contribution in [3.05, 3.63) is 64.3 Å². The number of aliphatic hydroxyl groups excluding tert-OH is 1. The Morgan fingerprint density at radius 2 is 1.98 bits per heavy atom. The lowest BCUT2D eigenvalue weighted by atomic mass is 9.94. The van der Waals surface area contributed by atoms with Crippen LogP contribution in [0.1, 0.15) is 72.2 Å². The minimum absolute atomic E-state index is 0.0394. The maximum Gasteiger partial charge on any atom is 0.270 e. The van der Waals surface area contributed by atoms with Gasteiger partial charge < -0.3 is 29.8 Å². The highest BCUT2D eigenvalue weighted by Crippen LogP contribution is 2.30. The van der Waals surface area contributed by atoms with Crippen molar-refractivity contribution in [3.8, 4) is 5.75 Å². The first-order valence-electron chi connectivity index (χ1n) is 15.1. The smallest absolute Gasteiger partial charge is 0.270 e. The molecule has 1 fully saturated rings. The third-order valence-corrected chi connectivity index (χ3v) is 8.20. The monoisotopic (exact) mass is 605 g/mol. The lowest BCUT2D eigenvalue weighted by molar-refractivity contribution is -0.132. The molecule has 1 saturated heterocycles. The molecule has 12 nitrogen and oxygen atoms in total. The van der Waals surface area contributed by atoms with Crippen molar-refractivity contribution < 1.29 is 23.8 Å². The third kappa shape index (κ3) is 7.36. The van der Waals surface area contributed by atoms with Gasteiger partial charge in [-0.1, -0.05) is 26.8 Å². The first-order chi connectivity index (χ1) is 20.9. The molecule has 2 aromatic heterocycles. The van der Waals surface area contributed by atoms with Crippen LogP contribution in [0.3, 0.4) is 0 Å². The third-order valence-electron chi connectivity index (χ3n) is 8.20. The molecular weight excluding hydrogens is 562 g/mol. The first kappa shape index (κ1) is 31.4. The van der Waals surface area contributed by atoms with Gasteiger partial charge in [0.2, 0.25) is 5.91 Å². The van der Waals surface area contributed by atoms with Crippen molar-refractivity contribution in [2.75, 3.05) is 38.0 Å². The quantitative estimate of drug-likeness (QED) is 0.315. The van der Waals surface area contributed by atoms with Gasteiger partial charge in [-0.25, -0.2) is 15.0 Å². The maximum atomic E-state index is 13.1. The number of nitrogens with zero attached hydrogens (tertiary/aromatic N) is 5. The molecule has 3 aromatic rings. The zero-order chi connectivity index (χ0) is 31.6. The summed E-state index contributed by atoms with van der Waals surface area (Å²) < 4.78 is 11.4. The van der Waals surface area contributed by atoms with E-state index in [4.69, 9.17) is 9.15 Å². The number of fused-ring (bicyclic) bond motifs is 1. The van der Waals surface area contributed by atoms with E-state index < -0.39 is 6.10 Å². The molecule has 2 amide bonds. The Morgan fingerprint density at radius 1 is 1.20 bits per heavy atom. The number of ether oxygens (including phenoxy) is 1. The van der Waals surface area contributed by atoms with Crippen molar-refractivity contribution >= 4 is 17.6 Å². The van der Waals surface area contributed by atoms with E-state index in [-0.39, 0.29) is 35.5 Å². The Morgan fingerprint density at radius 3 is 2.66 bits per heavy atom. The number of likely N-dealkylation sites (tertiary alicyclic amines) is 1. The highest BCUT2D eigenvalue weighted by Gasteiger charge is 2.30. The molecule has 1 aromatic carbocycles. The van der Waals surface area contributed by atoms with Crippen molar-refractivity contribution in [1.29, 1.82) is 0 Å². The largest absolute Gasteiger partial charge is 0.485 e. The minimum Gasteiger partial charge on any atom is -0.485 e. The van der Waals surface area contributed by atoms with Gasteiger partial charge in [-0.15, -0.1) is 0 Å². The van der Waals surface area contributed by atoms with Gasteiger partial charge in [-0.2, -0.15) is 0 Å². The second-order valence-electron chi connectivity index (χ2n) is 12.8. The van der Waals surface area contributed by atoms with Gasteiger partial charge in [0.15, 0.2) is 12.2 Å². The summed E-state index contributed by atoms with van der Waals surface area (Å²) in [5.74, 6) is 2.31. The van der Waals surface area contributed by atoms with E-state index in [9.17, 15) is 14.7 Å². The molecule has 2 aliphatic rings. The summed E-state index contributed by atoms with van der Waals surface area (Å²) in [6, 6.07) is 5.77. The van der Waals surface area contributed by atoms with Crippen molar-refractivity contribution in [2.24, 2.45) is 0 Å². The van der Waals surface area contributed by atoms with Gasteiger partial charge in [-0.05, 0) is 43.0 Å². The Hall–Kier alpha value is -4.03. The highest BCUT2D eigenvalue weighted by atomic mass is 16.5. The number of benzene rings is 1. The van der Waals surface area contributed by atoms with Crippen LogP contribution in [0.25, 0.3) is 0 Å². The van der Waals surface area contributed by atoms with Gasteiger partial charge >= 0.3 is 0 Å². The fourth-order valence-electron chi connectivity index (χ4n) is 5.47. The van der Waals surface area contributed by atoms with Crippen molar-refractivity contribution in [1.82, 2.24) is 30.1 Å². The fourth-order valence-corrected chi connectivity index (χ4v) is 5.47. The van der Waals surface area contributed by atoms with Gasteiger partial charge in [-0.3, -0.25) is 14.5 Å².